The number of allylic oxidation sites excluding steroid dienone is 1. The molecule has 0 radical (unpaired) electrons. The molecule has 1 aliphatic rings. The zero-order valence-corrected chi connectivity index (χ0v) is 11.2. The smallest absolute Gasteiger partial charge is 0.248 e. The van der Waals surface area contributed by atoms with Gasteiger partial charge in [-0.25, -0.2) is 0 Å². The number of carbonyl (C=O) groups excluding carboxylic acids is 1. The Balaban J connectivity index is 1.92. The topological polar surface area (TPSA) is 52.3 Å². The first kappa shape index (κ1) is 13.0. The van der Waals surface area contributed by atoms with Crippen LogP contribution in [-0.4, -0.2) is 18.3 Å². The molecule has 0 spiro atoms. The predicted molar refractivity (Wildman–Crippen MR) is 74.9 cm³/mol. The van der Waals surface area contributed by atoms with Crippen molar-refractivity contribution in [2.24, 2.45) is 11.7 Å². The van der Waals surface area contributed by atoms with E-state index in [1.54, 1.807) is 12.1 Å². The van der Waals surface area contributed by atoms with Gasteiger partial charge in [-0.2, -0.15) is 0 Å². The number of rotatable bonds is 5. The molecular weight excluding hydrogens is 246 g/mol. The van der Waals surface area contributed by atoms with Crippen LogP contribution >= 0.6 is 11.8 Å². The van der Waals surface area contributed by atoms with Crippen molar-refractivity contribution < 1.29 is 9.53 Å². The van der Waals surface area contributed by atoms with Gasteiger partial charge in [0, 0.05) is 11.3 Å². The molecule has 18 heavy (non-hydrogen) atoms. The Hall–Kier alpha value is -1.42. The first-order valence-corrected chi connectivity index (χ1v) is 7.02. The molecule has 0 fully saturated rings. The minimum atomic E-state index is -0.418. The molecule has 3 nitrogen and oxygen atoms in total. The van der Waals surface area contributed by atoms with Crippen molar-refractivity contribution in [1.82, 2.24) is 0 Å². The van der Waals surface area contributed by atoms with E-state index in [4.69, 9.17) is 10.5 Å². The van der Waals surface area contributed by atoms with E-state index in [-0.39, 0.29) is 0 Å². The lowest BCUT2D eigenvalue weighted by Gasteiger charge is -2.10. The van der Waals surface area contributed by atoms with Crippen molar-refractivity contribution in [3.8, 4) is 5.75 Å². The molecule has 0 bridgehead atoms. The third-order valence-electron chi connectivity index (χ3n) is 2.85. The Kier molecular flexibility index (Phi) is 4.31. The van der Waals surface area contributed by atoms with Crippen molar-refractivity contribution in [1.29, 1.82) is 0 Å². The summed E-state index contributed by atoms with van der Waals surface area (Å²) in [5, 5.41) is 2.14. The Morgan fingerprint density at radius 2 is 2.33 bits per heavy atom. The van der Waals surface area contributed by atoms with Crippen LogP contribution in [0.4, 0.5) is 0 Å². The lowest BCUT2D eigenvalue weighted by molar-refractivity contribution is 0.0999. The summed E-state index contributed by atoms with van der Waals surface area (Å²) in [6.45, 7) is 2.59. The van der Waals surface area contributed by atoms with Gasteiger partial charge in [-0.1, -0.05) is 6.08 Å². The van der Waals surface area contributed by atoms with Crippen molar-refractivity contribution in [3.63, 3.8) is 0 Å². The van der Waals surface area contributed by atoms with Gasteiger partial charge in [0.25, 0.3) is 0 Å². The number of ether oxygens (including phenoxy) is 1. The van der Waals surface area contributed by atoms with E-state index in [1.165, 1.54) is 0 Å². The fourth-order valence-electron chi connectivity index (χ4n) is 1.88. The molecule has 1 aromatic carbocycles. The van der Waals surface area contributed by atoms with Crippen LogP contribution in [0.2, 0.25) is 0 Å². The number of amides is 1. The molecule has 2 N–H and O–H groups in total. The molecule has 1 atom stereocenters. The van der Waals surface area contributed by atoms with Crippen molar-refractivity contribution in [2.75, 3.05) is 12.4 Å². The maximum Gasteiger partial charge on any atom is 0.248 e. The van der Waals surface area contributed by atoms with Crippen molar-refractivity contribution in [2.45, 2.75) is 13.3 Å². The molecule has 1 aromatic rings. The van der Waals surface area contributed by atoms with Crippen LogP contribution in [0.1, 0.15) is 22.3 Å². The minimum Gasteiger partial charge on any atom is -0.494 e. The summed E-state index contributed by atoms with van der Waals surface area (Å²) in [5.74, 6) is 2.05. The fraction of sp³-hybridized carbons (Fsp3) is 0.357. The third-order valence-corrected chi connectivity index (χ3v) is 3.82. The quantitative estimate of drug-likeness (QED) is 0.888. The molecule has 2 rings (SSSR count). The molecular formula is C14H17NO2S. The summed E-state index contributed by atoms with van der Waals surface area (Å²) in [6, 6.07) is 5.39. The van der Waals surface area contributed by atoms with E-state index >= 15 is 0 Å². The highest BCUT2D eigenvalue weighted by Crippen LogP contribution is 2.23. The van der Waals surface area contributed by atoms with Crippen molar-refractivity contribution in [3.05, 3.63) is 40.8 Å². The second kappa shape index (κ2) is 5.96. The summed E-state index contributed by atoms with van der Waals surface area (Å²) in [6.07, 6.45) is 3.22. The Morgan fingerprint density at radius 3 is 3.00 bits per heavy atom. The van der Waals surface area contributed by atoms with Gasteiger partial charge in [0.15, 0.2) is 0 Å². The van der Waals surface area contributed by atoms with Crippen LogP contribution in [0.5, 0.6) is 5.75 Å². The summed E-state index contributed by atoms with van der Waals surface area (Å²) in [7, 11) is 0. The van der Waals surface area contributed by atoms with Gasteiger partial charge in [-0.3, -0.25) is 4.79 Å². The summed E-state index contributed by atoms with van der Waals surface area (Å²) in [4.78, 5) is 11.1. The lowest BCUT2D eigenvalue weighted by Crippen LogP contribution is -2.12. The van der Waals surface area contributed by atoms with E-state index in [2.05, 4.69) is 11.5 Å². The standard InChI is InChI=1S/C14H17NO2S/c1-10-6-12(14(15)16)8-13(7-10)17-4-2-11-3-5-18-9-11/h3,5-8,11H,2,4,9H2,1H3,(H2,15,16). The van der Waals surface area contributed by atoms with Gasteiger partial charge in [-0.05, 0) is 48.4 Å². The Morgan fingerprint density at radius 1 is 1.50 bits per heavy atom. The van der Waals surface area contributed by atoms with Gasteiger partial charge in [-0.15, -0.1) is 11.8 Å². The highest BCUT2D eigenvalue weighted by atomic mass is 32.2. The zero-order valence-electron chi connectivity index (χ0n) is 10.4. The van der Waals surface area contributed by atoms with E-state index in [1.807, 2.05) is 24.8 Å². The molecule has 1 aliphatic heterocycles. The highest BCUT2D eigenvalue weighted by Gasteiger charge is 2.10. The maximum absolute atomic E-state index is 11.1. The number of benzene rings is 1. The molecule has 1 heterocycles. The maximum atomic E-state index is 11.1. The molecule has 0 aromatic heterocycles. The molecule has 0 saturated carbocycles. The molecule has 4 heteroatoms. The van der Waals surface area contributed by atoms with E-state index in [0.29, 0.717) is 18.1 Å². The SMILES string of the molecule is Cc1cc(OCCC2C=CSC2)cc(C(N)=O)c1. The number of carbonyl (C=O) groups is 1. The monoisotopic (exact) mass is 263 g/mol. The second-order valence-electron chi connectivity index (χ2n) is 4.46. The Bertz CT molecular complexity index is 471. The van der Waals surface area contributed by atoms with Crippen LogP contribution in [-0.2, 0) is 0 Å². The van der Waals surface area contributed by atoms with E-state index < -0.39 is 5.91 Å². The van der Waals surface area contributed by atoms with Crippen LogP contribution in [0.15, 0.2) is 29.7 Å². The first-order chi connectivity index (χ1) is 8.65. The number of aryl methyl sites for hydroxylation is 1. The average molecular weight is 263 g/mol. The summed E-state index contributed by atoms with van der Waals surface area (Å²) in [5.41, 5.74) is 6.76. The number of hydrogen-bond acceptors (Lipinski definition) is 3. The third kappa shape index (κ3) is 3.53. The Labute approximate surface area is 111 Å². The zero-order chi connectivity index (χ0) is 13.0. The number of primary amides is 1. The van der Waals surface area contributed by atoms with Gasteiger partial charge < -0.3 is 10.5 Å². The van der Waals surface area contributed by atoms with Gasteiger partial charge in [0.1, 0.15) is 5.75 Å². The number of nitrogens with two attached hydrogens (primary N) is 1. The minimum absolute atomic E-state index is 0.418. The van der Waals surface area contributed by atoms with Gasteiger partial charge in [0.2, 0.25) is 5.91 Å². The molecule has 0 aliphatic carbocycles. The van der Waals surface area contributed by atoms with Crippen molar-refractivity contribution >= 4 is 17.7 Å². The fourth-order valence-corrected chi connectivity index (χ4v) is 2.85. The largest absolute Gasteiger partial charge is 0.494 e. The first-order valence-electron chi connectivity index (χ1n) is 5.98. The average Bonchev–Trinajstić information content (AvgIpc) is 2.81. The predicted octanol–water partition coefficient (Wildman–Crippen LogP) is 2.74. The van der Waals surface area contributed by atoms with E-state index in [0.717, 1.165) is 23.5 Å². The second-order valence-corrected chi connectivity index (χ2v) is 5.40. The summed E-state index contributed by atoms with van der Waals surface area (Å²) >= 11 is 1.84. The van der Waals surface area contributed by atoms with E-state index in [9.17, 15) is 4.79 Å². The van der Waals surface area contributed by atoms with Crippen LogP contribution in [0.25, 0.3) is 0 Å². The van der Waals surface area contributed by atoms with Crippen LogP contribution in [0, 0.1) is 12.8 Å². The normalized spacial score (nSPS) is 17.9. The van der Waals surface area contributed by atoms with Crippen LogP contribution < -0.4 is 10.5 Å². The molecule has 0 saturated heterocycles. The molecule has 1 unspecified atom stereocenters. The number of hydrogen-bond donors (Lipinski definition) is 1. The van der Waals surface area contributed by atoms with Gasteiger partial charge >= 0.3 is 0 Å². The molecule has 96 valence electrons. The van der Waals surface area contributed by atoms with Crippen LogP contribution in [0.3, 0.4) is 0 Å². The molecule has 1 amide bonds. The van der Waals surface area contributed by atoms with Gasteiger partial charge in [0.05, 0.1) is 6.61 Å². The summed E-state index contributed by atoms with van der Waals surface area (Å²) < 4.78 is 5.69. The highest BCUT2D eigenvalue weighted by molar-refractivity contribution is 8.02. The number of thioether (sulfide) groups is 1. The lowest BCUT2D eigenvalue weighted by atomic mass is 10.1.